The second-order valence-electron chi connectivity index (χ2n) is 8.15. The number of nitrogens with zero attached hydrogens (tertiary/aromatic N) is 4. The molecule has 0 atom stereocenters. The van der Waals surface area contributed by atoms with Gasteiger partial charge in [0, 0.05) is 42.9 Å². The van der Waals surface area contributed by atoms with Gasteiger partial charge in [-0.05, 0) is 50.7 Å². The number of halogens is 3. The molecular formula is C23H25F3N8O. The molecule has 0 fully saturated rings. The van der Waals surface area contributed by atoms with Crippen molar-refractivity contribution in [3.8, 4) is 0 Å². The minimum absolute atomic E-state index is 0.0485. The Morgan fingerprint density at radius 3 is 2.57 bits per heavy atom. The fourth-order valence-electron chi connectivity index (χ4n) is 3.67. The molecule has 1 aromatic carbocycles. The normalized spacial score (nSPS) is 13.6. The SMILES string of the molecule is CNCc1cc(NC(=O)c2cnc(C)c(N3C=C(c4cnn(C)c4C)NN3)c2)cc(C(F)(F)F)c1. The summed E-state index contributed by atoms with van der Waals surface area (Å²) in [5, 5.41) is 11.3. The number of aromatic nitrogens is 3. The van der Waals surface area contributed by atoms with E-state index in [9.17, 15) is 18.0 Å². The third-order valence-electron chi connectivity index (χ3n) is 5.64. The summed E-state index contributed by atoms with van der Waals surface area (Å²) in [6.45, 7) is 3.96. The molecule has 9 nitrogen and oxygen atoms in total. The summed E-state index contributed by atoms with van der Waals surface area (Å²) < 4.78 is 41.7. The molecule has 0 spiro atoms. The molecule has 0 radical (unpaired) electrons. The summed E-state index contributed by atoms with van der Waals surface area (Å²) in [5.74, 6) is -0.576. The molecule has 1 aliphatic heterocycles. The summed E-state index contributed by atoms with van der Waals surface area (Å²) in [6.07, 6.45) is 0.404. The molecule has 4 rings (SSSR count). The van der Waals surface area contributed by atoms with Gasteiger partial charge in [0.05, 0.1) is 34.4 Å². The number of benzene rings is 1. The number of carbonyl (C=O) groups is 1. The van der Waals surface area contributed by atoms with Gasteiger partial charge in [-0.2, -0.15) is 18.3 Å². The Kier molecular flexibility index (Phi) is 6.50. The van der Waals surface area contributed by atoms with Crippen molar-refractivity contribution in [3.05, 3.63) is 76.5 Å². The Hall–Kier alpha value is -3.90. The fourth-order valence-corrected chi connectivity index (χ4v) is 3.67. The number of hydrogen-bond acceptors (Lipinski definition) is 7. The van der Waals surface area contributed by atoms with Gasteiger partial charge in [-0.15, -0.1) is 5.53 Å². The van der Waals surface area contributed by atoms with E-state index in [1.165, 1.54) is 12.3 Å². The van der Waals surface area contributed by atoms with Crippen molar-refractivity contribution in [2.75, 3.05) is 17.4 Å². The van der Waals surface area contributed by atoms with Crippen LogP contribution >= 0.6 is 0 Å². The van der Waals surface area contributed by atoms with E-state index >= 15 is 0 Å². The molecule has 3 heterocycles. The van der Waals surface area contributed by atoms with Gasteiger partial charge in [0.25, 0.3) is 5.91 Å². The largest absolute Gasteiger partial charge is 0.416 e. The highest BCUT2D eigenvalue weighted by Gasteiger charge is 2.31. The van der Waals surface area contributed by atoms with E-state index in [2.05, 4.69) is 31.7 Å². The predicted molar refractivity (Wildman–Crippen MR) is 126 cm³/mol. The summed E-state index contributed by atoms with van der Waals surface area (Å²) >= 11 is 0. The number of rotatable bonds is 6. The van der Waals surface area contributed by atoms with Crippen LogP contribution in [0.4, 0.5) is 24.5 Å². The number of hydrogen-bond donors (Lipinski definition) is 4. The molecule has 12 heteroatoms. The van der Waals surface area contributed by atoms with Crippen LogP contribution in [0.2, 0.25) is 0 Å². The van der Waals surface area contributed by atoms with E-state index < -0.39 is 17.6 Å². The van der Waals surface area contributed by atoms with Gasteiger partial charge in [0.1, 0.15) is 0 Å². The third kappa shape index (κ3) is 5.12. The second kappa shape index (κ2) is 9.39. The van der Waals surface area contributed by atoms with Crippen LogP contribution < -0.4 is 26.6 Å². The number of amides is 1. The molecule has 35 heavy (non-hydrogen) atoms. The first kappa shape index (κ1) is 24.2. The van der Waals surface area contributed by atoms with Crippen LogP contribution in [0.25, 0.3) is 5.70 Å². The van der Waals surface area contributed by atoms with Crippen LogP contribution in [0.15, 0.2) is 42.9 Å². The summed E-state index contributed by atoms with van der Waals surface area (Å²) in [4.78, 5) is 17.2. The third-order valence-corrected chi connectivity index (χ3v) is 5.64. The molecule has 0 saturated carbocycles. The Bertz CT molecular complexity index is 1300. The topological polar surface area (TPSA) is 99.1 Å². The smallest absolute Gasteiger partial charge is 0.322 e. The molecule has 1 aliphatic rings. The molecule has 0 aliphatic carbocycles. The lowest BCUT2D eigenvalue weighted by molar-refractivity contribution is -0.137. The molecule has 0 saturated heterocycles. The molecular weight excluding hydrogens is 461 g/mol. The Morgan fingerprint density at radius 1 is 1.14 bits per heavy atom. The first-order chi connectivity index (χ1) is 16.6. The second-order valence-corrected chi connectivity index (χ2v) is 8.15. The lowest BCUT2D eigenvalue weighted by Gasteiger charge is -2.18. The zero-order valence-corrected chi connectivity index (χ0v) is 19.6. The average molecular weight is 487 g/mol. The molecule has 1 amide bonds. The lowest BCUT2D eigenvalue weighted by Crippen LogP contribution is -2.36. The van der Waals surface area contributed by atoms with E-state index in [1.54, 1.807) is 35.9 Å². The van der Waals surface area contributed by atoms with E-state index in [-0.39, 0.29) is 17.8 Å². The molecule has 3 aromatic rings. The van der Waals surface area contributed by atoms with Gasteiger partial charge >= 0.3 is 6.18 Å². The minimum Gasteiger partial charge on any atom is -0.322 e. The summed E-state index contributed by atoms with van der Waals surface area (Å²) in [6, 6.07) is 5.09. The lowest BCUT2D eigenvalue weighted by atomic mass is 10.1. The van der Waals surface area contributed by atoms with Gasteiger partial charge in [0.2, 0.25) is 0 Å². The van der Waals surface area contributed by atoms with E-state index in [1.807, 2.05) is 20.2 Å². The Morgan fingerprint density at radius 2 is 1.91 bits per heavy atom. The maximum atomic E-state index is 13.3. The van der Waals surface area contributed by atoms with Crippen molar-refractivity contribution in [1.29, 1.82) is 0 Å². The van der Waals surface area contributed by atoms with Gasteiger partial charge in [0.15, 0.2) is 0 Å². The van der Waals surface area contributed by atoms with Crippen LogP contribution in [-0.2, 0) is 19.8 Å². The van der Waals surface area contributed by atoms with E-state index in [0.717, 1.165) is 29.1 Å². The quantitative estimate of drug-likeness (QED) is 0.425. The summed E-state index contributed by atoms with van der Waals surface area (Å²) in [7, 11) is 3.48. The molecule has 2 aromatic heterocycles. The monoisotopic (exact) mass is 486 g/mol. The number of anilines is 2. The average Bonchev–Trinajstić information content (AvgIpc) is 3.40. The van der Waals surface area contributed by atoms with E-state index in [0.29, 0.717) is 16.9 Å². The summed E-state index contributed by atoms with van der Waals surface area (Å²) in [5.41, 5.74) is 9.79. The Balaban J connectivity index is 1.59. The van der Waals surface area contributed by atoms with Crippen molar-refractivity contribution in [2.24, 2.45) is 7.05 Å². The number of hydrazine groups is 2. The molecule has 184 valence electrons. The van der Waals surface area contributed by atoms with Crippen LogP contribution in [0.1, 0.15) is 38.4 Å². The first-order valence-electron chi connectivity index (χ1n) is 10.7. The highest BCUT2D eigenvalue weighted by molar-refractivity contribution is 6.04. The van der Waals surface area contributed by atoms with Gasteiger partial charge < -0.3 is 16.1 Å². The highest BCUT2D eigenvalue weighted by Crippen LogP contribution is 2.32. The van der Waals surface area contributed by atoms with Crippen LogP contribution in [0.5, 0.6) is 0 Å². The maximum absolute atomic E-state index is 13.3. The number of aryl methyl sites for hydroxylation is 2. The van der Waals surface area contributed by atoms with Crippen molar-refractivity contribution in [3.63, 3.8) is 0 Å². The van der Waals surface area contributed by atoms with Crippen LogP contribution in [0, 0.1) is 13.8 Å². The zero-order chi connectivity index (χ0) is 25.3. The van der Waals surface area contributed by atoms with Gasteiger partial charge in [-0.1, -0.05) is 0 Å². The molecule has 0 bridgehead atoms. The van der Waals surface area contributed by atoms with Crippen LogP contribution in [0.3, 0.4) is 0 Å². The highest BCUT2D eigenvalue weighted by atomic mass is 19.4. The minimum atomic E-state index is -4.53. The number of alkyl halides is 3. The zero-order valence-electron chi connectivity index (χ0n) is 19.6. The van der Waals surface area contributed by atoms with Crippen LogP contribution in [-0.4, -0.2) is 27.7 Å². The molecule has 0 unspecified atom stereocenters. The number of pyridine rings is 1. The van der Waals surface area contributed by atoms with Gasteiger partial charge in [-0.3, -0.25) is 19.5 Å². The first-order valence-corrected chi connectivity index (χ1v) is 10.7. The molecule has 4 N–H and O–H groups in total. The van der Waals surface area contributed by atoms with Gasteiger partial charge in [-0.25, -0.2) is 0 Å². The van der Waals surface area contributed by atoms with Crippen molar-refractivity contribution < 1.29 is 18.0 Å². The van der Waals surface area contributed by atoms with Crippen molar-refractivity contribution in [2.45, 2.75) is 26.6 Å². The Labute approximate surface area is 200 Å². The standard InChI is InChI=1S/C23H25F3N8O/c1-13-21(34-12-20(31-32-34)19-11-29-33(4)14(19)2)7-16(10-28-13)22(35)30-18-6-15(9-27-3)5-17(8-18)23(24,25)26/h5-8,10-12,27,31-32H,9H2,1-4H3,(H,30,35). The number of nitrogens with one attached hydrogen (secondary N) is 4. The predicted octanol–water partition coefficient (Wildman–Crippen LogP) is 3.25. The van der Waals surface area contributed by atoms with Crippen molar-refractivity contribution >= 4 is 23.0 Å². The maximum Gasteiger partial charge on any atom is 0.416 e. The number of carbonyl (C=O) groups excluding carboxylic acids is 1. The van der Waals surface area contributed by atoms with Crippen molar-refractivity contribution in [1.82, 2.24) is 31.0 Å². The van der Waals surface area contributed by atoms with E-state index in [4.69, 9.17) is 0 Å². The fraction of sp³-hybridized carbons (Fsp3) is 0.261.